The summed E-state index contributed by atoms with van der Waals surface area (Å²) in [5, 5.41) is 27.0. The molecule has 8 nitrogen and oxygen atoms in total. The number of phenols is 1. The highest BCUT2D eigenvalue weighted by atomic mass is 35.5. The second kappa shape index (κ2) is 13.5. The fraction of sp³-hybridized carbons (Fsp3) is 0.286. The number of amides is 1. The van der Waals surface area contributed by atoms with E-state index in [9.17, 15) is 20.0 Å². The lowest BCUT2D eigenvalue weighted by atomic mass is 9.91. The average molecular weight is 646 g/mol. The molecule has 45 heavy (non-hydrogen) atoms. The van der Waals surface area contributed by atoms with Crippen LogP contribution in [0.4, 0.5) is 11.4 Å². The second-order valence-electron chi connectivity index (χ2n) is 11.7. The van der Waals surface area contributed by atoms with Gasteiger partial charge >= 0.3 is 0 Å². The molecule has 1 saturated heterocycles. The van der Waals surface area contributed by atoms with Gasteiger partial charge in [0, 0.05) is 55.5 Å². The topological polar surface area (TPSA) is 98.9 Å². The van der Waals surface area contributed by atoms with Crippen LogP contribution in [0.5, 0.6) is 5.75 Å². The number of halogens is 2. The predicted molar refractivity (Wildman–Crippen MR) is 178 cm³/mol. The first kappa shape index (κ1) is 30.9. The van der Waals surface area contributed by atoms with E-state index in [1.54, 1.807) is 24.3 Å². The van der Waals surface area contributed by atoms with Crippen LogP contribution in [0.1, 0.15) is 53.2 Å². The highest BCUT2D eigenvalue weighted by molar-refractivity contribution is 6.43. The van der Waals surface area contributed by atoms with Crippen LogP contribution in [0.2, 0.25) is 10.0 Å². The molecular formula is C35H34Cl2N4O4. The molecule has 2 aliphatic rings. The summed E-state index contributed by atoms with van der Waals surface area (Å²) in [7, 11) is 0. The quantitative estimate of drug-likeness (QED) is 0.150. The van der Waals surface area contributed by atoms with Gasteiger partial charge in [-0.25, -0.2) is 0 Å². The molecule has 1 heterocycles. The summed E-state index contributed by atoms with van der Waals surface area (Å²) in [5.41, 5.74) is 4.39. The van der Waals surface area contributed by atoms with Gasteiger partial charge in [0.2, 0.25) is 0 Å². The molecule has 1 amide bonds. The molecule has 232 valence electrons. The van der Waals surface area contributed by atoms with Crippen LogP contribution in [0.3, 0.4) is 0 Å². The Balaban J connectivity index is 1.36. The molecule has 1 aliphatic carbocycles. The Bertz CT molecular complexity index is 1720. The highest BCUT2D eigenvalue weighted by Crippen LogP contribution is 2.39. The largest absolute Gasteiger partial charge is 0.508 e. The lowest BCUT2D eigenvalue weighted by Crippen LogP contribution is -2.48. The van der Waals surface area contributed by atoms with E-state index in [0.717, 1.165) is 42.5 Å². The number of non-ortho nitro benzene ring substituents is 1. The summed E-state index contributed by atoms with van der Waals surface area (Å²) in [5.74, 6) is 0.00721. The second-order valence-corrected chi connectivity index (χ2v) is 12.4. The van der Waals surface area contributed by atoms with Crippen molar-refractivity contribution in [3.63, 3.8) is 0 Å². The molecule has 6 rings (SSSR count). The van der Waals surface area contributed by atoms with E-state index in [2.05, 4.69) is 15.1 Å². The molecule has 1 atom stereocenters. The Morgan fingerprint density at radius 2 is 1.60 bits per heavy atom. The van der Waals surface area contributed by atoms with Crippen LogP contribution < -0.4 is 10.2 Å². The molecule has 2 N–H and O–H groups in total. The third-order valence-electron chi connectivity index (χ3n) is 8.82. The van der Waals surface area contributed by atoms with E-state index in [1.807, 2.05) is 48.5 Å². The van der Waals surface area contributed by atoms with Crippen molar-refractivity contribution >= 4 is 40.5 Å². The molecule has 0 aromatic heterocycles. The summed E-state index contributed by atoms with van der Waals surface area (Å²) in [6.45, 7) is 2.63. The van der Waals surface area contributed by atoms with Gasteiger partial charge in [-0.2, -0.15) is 0 Å². The van der Waals surface area contributed by atoms with Gasteiger partial charge in [0.25, 0.3) is 11.6 Å². The van der Waals surface area contributed by atoms with Gasteiger partial charge in [-0.15, -0.1) is 0 Å². The molecule has 0 bridgehead atoms. The lowest BCUT2D eigenvalue weighted by Gasteiger charge is -2.41. The smallest absolute Gasteiger partial charge is 0.270 e. The SMILES string of the molecule is O=C(NC1CCCC1)c1cccc(C(c2cc(-c3cccc([N+](=O)[O-])c3)ccc2O)N2CCN(c3cccc(Cl)c3Cl)CC2)c1. The van der Waals surface area contributed by atoms with E-state index in [-0.39, 0.29) is 29.4 Å². The third-order valence-corrected chi connectivity index (χ3v) is 9.63. The number of benzene rings is 4. The van der Waals surface area contributed by atoms with Crippen molar-refractivity contribution in [1.29, 1.82) is 0 Å². The number of anilines is 1. The van der Waals surface area contributed by atoms with Crippen LogP contribution in [-0.4, -0.2) is 53.1 Å². The summed E-state index contributed by atoms with van der Waals surface area (Å²) in [6.07, 6.45) is 4.24. The van der Waals surface area contributed by atoms with Gasteiger partial charge < -0.3 is 15.3 Å². The van der Waals surface area contributed by atoms with Crippen LogP contribution in [0, 0.1) is 10.1 Å². The Morgan fingerprint density at radius 3 is 2.36 bits per heavy atom. The number of hydrogen-bond donors (Lipinski definition) is 2. The Labute approximate surface area is 272 Å². The van der Waals surface area contributed by atoms with Crippen molar-refractivity contribution in [2.45, 2.75) is 37.8 Å². The minimum Gasteiger partial charge on any atom is -0.508 e. The van der Waals surface area contributed by atoms with Gasteiger partial charge in [-0.05, 0) is 65.9 Å². The van der Waals surface area contributed by atoms with E-state index in [4.69, 9.17) is 23.2 Å². The average Bonchev–Trinajstić information content (AvgIpc) is 3.57. The van der Waals surface area contributed by atoms with E-state index < -0.39 is 4.92 Å². The minimum absolute atomic E-state index is 0.00421. The number of piperazine rings is 1. The summed E-state index contributed by atoms with van der Waals surface area (Å²) >= 11 is 12.9. The normalized spacial score (nSPS) is 16.4. The first-order chi connectivity index (χ1) is 21.8. The Hall–Kier alpha value is -4.11. The van der Waals surface area contributed by atoms with Crippen molar-refractivity contribution in [3.05, 3.63) is 122 Å². The van der Waals surface area contributed by atoms with Crippen LogP contribution >= 0.6 is 23.2 Å². The van der Waals surface area contributed by atoms with E-state index in [1.165, 1.54) is 12.1 Å². The molecule has 0 spiro atoms. The van der Waals surface area contributed by atoms with Crippen molar-refractivity contribution in [2.75, 3.05) is 31.1 Å². The van der Waals surface area contributed by atoms with Crippen LogP contribution in [-0.2, 0) is 0 Å². The number of rotatable bonds is 8. The molecule has 1 saturated carbocycles. The fourth-order valence-corrected chi connectivity index (χ4v) is 6.90. The summed E-state index contributed by atoms with van der Waals surface area (Å²) in [4.78, 5) is 28.8. The van der Waals surface area contributed by atoms with Gasteiger partial charge in [0.05, 0.1) is 26.7 Å². The number of carbonyl (C=O) groups excluding carboxylic acids is 1. The molecule has 4 aromatic carbocycles. The molecule has 4 aromatic rings. The lowest BCUT2D eigenvalue weighted by molar-refractivity contribution is -0.384. The maximum atomic E-state index is 13.3. The van der Waals surface area contributed by atoms with Crippen molar-refractivity contribution in [3.8, 4) is 16.9 Å². The number of nitrogens with one attached hydrogen (secondary N) is 1. The first-order valence-corrected chi connectivity index (χ1v) is 16.0. The Kier molecular flexibility index (Phi) is 9.26. The number of aromatic hydroxyl groups is 1. The number of phenolic OH excluding ortho intramolecular Hbond substituents is 1. The molecule has 10 heteroatoms. The van der Waals surface area contributed by atoms with Crippen LogP contribution in [0.15, 0.2) is 84.9 Å². The maximum absolute atomic E-state index is 13.3. The highest BCUT2D eigenvalue weighted by Gasteiger charge is 2.30. The van der Waals surface area contributed by atoms with Crippen LogP contribution in [0.25, 0.3) is 11.1 Å². The molecule has 1 aliphatic heterocycles. The Morgan fingerprint density at radius 1 is 0.889 bits per heavy atom. The fourth-order valence-electron chi connectivity index (χ4n) is 6.49. The zero-order valence-electron chi connectivity index (χ0n) is 24.7. The molecule has 0 radical (unpaired) electrons. The first-order valence-electron chi connectivity index (χ1n) is 15.2. The molecule has 2 fully saturated rings. The van der Waals surface area contributed by atoms with Gasteiger partial charge in [0.15, 0.2) is 0 Å². The maximum Gasteiger partial charge on any atom is 0.270 e. The summed E-state index contributed by atoms with van der Waals surface area (Å²) in [6, 6.07) is 24.8. The van der Waals surface area contributed by atoms with E-state index in [0.29, 0.717) is 52.9 Å². The molecular weight excluding hydrogens is 611 g/mol. The number of nitro groups is 1. The number of nitrogens with zero attached hydrogens (tertiary/aromatic N) is 3. The zero-order chi connectivity index (χ0) is 31.5. The monoisotopic (exact) mass is 644 g/mol. The molecule has 1 unspecified atom stereocenters. The van der Waals surface area contributed by atoms with Gasteiger partial charge in [0.1, 0.15) is 5.75 Å². The summed E-state index contributed by atoms with van der Waals surface area (Å²) < 4.78 is 0. The number of nitro benzene ring substituents is 1. The standard InChI is InChI=1S/C35H34Cl2N4O4/c36-30-12-5-13-31(33(30)37)39-16-18-40(19-17-39)34(25-7-3-8-26(20-25)35(43)38-27-9-1-2-10-27)29-22-24(14-15-32(29)42)23-6-4-11-28(21-23)41(44)45/h3-8,11-15,20-22,27,34,42H,1-2,9-10,16-19H2,(H,38,43). The third kappa shape index (κ3) is 6.78. The number of carbonyl (C=O) groups is 1. The number of hydrogen-bond acceptors (Lipinski definition) is 6. The van der Waals surface area contributed by atoms with Crippen molar-refractivity contribution in [1.82, 2.24) is 10.2 Å². The van der Waals surface area contributed by atoms with Gasteiger partial charge in [-0.3, -0.25) is 19.8 Å². The van der Waals surface area contributed by atoms with Gasteiger partial charge in [-0.1, -0.05) is 72.4 Å². The zero-order valence-corrected chi connectivity index (χ0v) is 26.2. The predicted octanol–water partition coefficient (Wildman–Crippen LogP) is 7.86. The van der Waals surface area contributed by atoms with E-state index >= 15 is 0 Å². The van der Waals surface area contributed by atoms with Crippen molar-refractivity contribution < 1.29 is 14.8 Å². The van der Waals surface area contributed by atoms with Crippen molar-refractivity contribution in [2.24, 2.45) is 0 Å². The minimum atomic E-state index is -0.415.